The third kappa shape index (κ3) is 3.78. The number of hydrogen-bond acceptors (Lipinski definition) is 3. The number of anilines is 1. The number of morpholine rings is 1. The molecule has 0 unspecified atom stereocenters. The minimum Gasteiger partial charge on any atom is -0.378 e. The molecule has 1 aliphatic heterocycles. The molecule has 0 radical (unpaired) electrons. The van der Waals surface area contributed by atoms with E-state index < -0.39 is 11.7 Å². The van der Waals surface area contributed by atoms with Crippen LogP contribution < -0.4 is 5.32 Å². The molecular weight excluding hydrogens is 311 g/mol. The standard InChI is InChI=1S/C18H17FN2O3/c19-15-5-2-6-16(12-15)20-17(22)13-3-1-4-14(11-13)18(23)21-7-9-24-10-8-21/h1-6,11-12H,7-10H2,(H,20,22). The third-order valence-electron chi connectivity index (χ3n) is 3.75. The number of carbonyl (C=O) groups is 2. The predicted molar refractivity (Wildman–Crippen MR) is 87.5 cm³/mol. The molecule has 0 spiro atoms. The molecular formula is C18H17FN2O3. The molecule has 24 heavy (non-hydrogen) atoms. The van der Waals surface area contributed by atoms with Gasteiger partial charge >= 0.3 is 0 Å². The van der Waals surface area contributed by atoms with E-state index in [4.69, 9.17) is 4.74 Å². The summed E-state index contributed by atoms with van der Waals surface area (Å²) in [7, 11) is 0. The van der Waals surface area contributed by atoms with Crippen LogP contribution in [0.5, 0.6) is 0 Å². The summed E-state index contributed by atoms with van der Waals surface area (Å²) < 4.78 is 18.4. The van der Waals surface area contributed by atoms with Gasteiger partial charge in [0, 0.05) is 29.9 Å². The Balaban J connectivity index is 1.74. The summed E-state index contributed by atoms with van der Waals surface area (Å²) in [5.41, 5.74) is 1.16. The highest BCUT2D eigenvalue weighted by molar-refractivity contribution is 6.06. The second-order valence-electron chi connectivity index (χ2n) is 5.45. The minimum absolute atomic E-state index is 0.126. The van der Waals surface area contributed by atoms with Crippen LogP contribution in [-0.2, 0) is 4.74 Å². The molecule has 1 fully saturated rings. The number of nitrogens with zero attached hydrogens (tertiary/aromatic N) is 1. The highest BCUT2D eigenvalue weighted by Crippen LogP contribution is 2.14. The molecule has 0 bridgehead atoms. The van der Waals surface area contributed by atoms with E-state index in [0.29, 0.717) is 43.1 Å². The maximum Gasteiger partial charge on any atom is 0.255 e. The van der Waals surface area contributed by atoms with Gasteiger partial charge in [-0.25, -0.2) is 4.39 Å². The minimum atomic E-state index is -0.427. The zero-order valence-corrected chi connectivity index (χ0v) is 13.0. The van der Waals surface area contributed by atoms with Crippen LogP contribution in [0.1, 0.15) is 20.7 Å². The zero-order chi connectivity index (χ0) is 16.9. The SMILES string of the molecule is O=C(Nc1cccc(F)c1)c1cccc(C(=O)N2CCOCC2)c1. The van der Waals surface area contributed by atoms with Crippen molar-refractivity contribution in [3.05, 3.63) is 65.5 Å². The summed E-state index contributed by atoms with van der Waals surface area (Å²) in [5.74, 6) is -0.944. The van der Waals surface area contributed by atoms with Gasteiger partial charge in [-0.1, -0.05) is 12.1 Å². The Kier molecular flexibility index (Phi) is 4.86. The summed E-state index contributed by atoms with van der Waals surface area (Å²) >= 11 is 0. The smallest absolute Gasteiger partial charge is 0.255 e. The Morgan fingerprint density at radius 2 is 1.71 bits per heavy atom. The molecule has 1 aliphatic rings. The van der Waals surface area contributed by atoms with Gasteiger partial charge in [0.1, 0.15) is 5.82 Å². The lowest BCUT2D eigenvalue weighted by Crippen LogP contribution is -2.40. The first-order valence-electron chi connectivity index (χ1n) is 7.67. The Labute approximate surface area is 139 Å². The molecule has 2 aromatic rings. The summed E-state index contributed by atoms with van der Waals surface area (Å²) in [5, 5.41) is 2.62. The molecule has 0 saturated carbocycles. The average Bonchev–Trinajstić information content (AvgIpc) is 2.62. The molecule has 0 aromatic heterocycles. The van der Waals surface area contributed by atoms with E-state index in [-0.39, 0.29) is 5.91 Å². The quantitative estimate of drug-likeness (QED) is 0.942. The number of carbonyl (C=O) groups excluding carboxylic acids is 2. The molecule has 3 rings (SSSR count). The van der Waals surface area contributed by atoms with Crippen LogP contribution in [0.4, 0.5) is 10.1 Å². The van der Waals surface area contributed by atoms with Crippen LogP contribution in [0.15, 0.2) is 48.5 Å². The normalized spacial score (nSPS) is 14.3. The molecule has 124 valence electrons. The number of hydrogen-bond donors (Lipinski definition) is 1. The second-order valence-corrected chi connectivity index (χ2v) is 5.45. The maximum absolute atomic E-state index is 13.2. The fourth-order valence-electron chi connectivity index (χ4n) is 2.51. The van der Waals surface area contributed by atoms with Crippen molar-refractivity contribution in [1.82, 2.24) is 4.90 Å². The van der Waals surface area contributed by atoms with Gasteiger partial charge in [0.05, 0.1) is 13.2 Å². The molecule has 0 atom stereocenters. The number of rotatable bonds is 3. The number of amides is 2. The van der Waals surface area contributed by atoms with E-state index in [1.165, 1.54) is 18.2 Å². The topological polar surface area (TPSA) is 58.6 Å². The molecule has 5 nitrogen and oxygen atoms in total. The third-order valence-corrected chi connectivity index (χ3v) is 3.75. The van der Waals surface area contributed by atoms with Gasteiger partial charge in [-0.2, -0.15) is 0 Å². The largest absolute Gasteiger partial charge is 0.378 e. The summed E-state index contributed by atoms with van der Waals surface area (Å²) in [4.78, 5) is 26.5. The summed E-state index contributed by atoms with van der Waals surface area (Å²) in [6.07, 6.45) is 0. The summed E-state index contributed by atoms with van der Waals surface area (Å²) in [6, 6.07) is 12.2. The van der Waals surface area contributed by atoms with E-state index in [9.17, 15) is 14.0 Å². The molecule has 6 heteroatoms. The second kappa shape index (κ2) is 7.23. The van der Waals surface area contributed by atoms with Crippen LogP contribution in [0.2, 0.25) is 0 Å². The summed E-state index contributed by atoms with van der Waals surface area (Å²) in [6.45, 7) is 2.12. The van der Waals surface area contributed by atoms with E-state index >= 15 is 0 Å². The van der Waals surface area contributed by atoms with Crippen LogP contribution in [-0.4, -0.2) is 43.0 Å². The van der Waals surface area contributed by atoms with Gasteiger partial charge in [0.15, 0.2) is 0 Å². The fraction of sp³-hybridized carbons (Fsp3) is 0.222. The van der Waals surface area contributed by atoms with Crippen LogP contribution in [0.3, 0.4) is 0 Å². The van der Waals surface area contributed by atoms with Crippen molar-refractivity contribution < 1.29 is 18.7 Å². The first-order valence-corrected chi connectivity index (χ1v) is 7.67. The van der Waals surface area contributed by atoms with E-state index in [1.807, 2.05) is 0 Å². The number of ether oxygens (including phenoxy) is 1. The van der Waals surface area contributed by atoms with Crippen molar-refractivity contribution in [2.45, 2.75) is 0 Å². The van der Waals surface area contributed by atoms with Crippen molar-refractivity contribution in [2.75, 3.05) is 31.6 Å². The van der Waals surface area contributed by atoms with Crippen molar-refractivity contribution in [1.29, 1.82) is 0 Å². The zero-order valence-electron chi connectivity index (χ0n) is 13.0. The molecule has 1 heterocycles. The lowest BCUT2D eigenvalue weighted by molar-refractivity contribution is 0.0303. The van der Waals surface area contributed by atoms with Gasteiger partial charge < -0.3 is 15.0 Å². The maximum atomic E-state index is 13.2. The average molecular weight is 328 g/mol. The van der Waals surface area contributed by atoms with E-state index in [0.717, 1.165) is 0 Å². The van der Waals surface area contributed by atoms with Crippen molar-refractivity contribution >= 4 is 17.5 Å². The van der Waals surface area contributed by atoms with Gasteiger partial charge in [-0.15, -0.1) is 0 Å². The highest BCUT2D eigenvalue weighted by atomic mass is 19.1. The van der Waals surface area contributed by atoms with E-state index in [1.54, 1.807) is 35.2 Å². The Morgan fingerprint density at radius 3 is 2.46 bits per heavy atom. The lowest BCUT2D eigenvalue weighted by atomic mass is 10.1. The molecule has 0 aliphatic carbocycles. The molecule has 1 saturated heterocycles. The number of benzene rings is 2. The predicted octanol–water partition coefficient (Wildman–Crippen LogP) is 2.55. The first kappa shape index (κ1) is 16.1. The van der Waals surface area contributed by atoms with Crippen molar-refractivity contribution in [2.24, 2.45) is 0 Å². The highest BCUT2D eigenvalue weighted by Gasteiger charge is 2.19. The fourth-order valence-corrected chi connectivity index (χ4v) is 2.51. The molecule has 1 N–H and O–H groups in total. The van der Waals surface area contributed by atoms with Gasteiger partial charge in [-0.05, 0) is 36.4 Å². The number of nitrogens with one attached hydrogen (secondary N) is 1. The Hall–Kier alpha value is -2.73. The lowest BCUT2D eigenvalue weighted by Gasteiger charge is -2.27. The molecule has 2 aromatic carbocycles. The van der Waals surface area contributed by atoms with Crippen LogP contribution in [0, 0.1) is 5.82 Å². The van der Waals surface area contributed by atoms with Gasteiger partial charge in [0.2, 0.25) is 0 Å². The van der Waals surface area contributed by atoms with Gasteiger partial charge in [0.25, 0.3) is 11.8 Å². The monoisotopic (exact) mass is 328 g/mol. The van der Waals surface area contributed by atoms with Crippen LogP contribution in [0.25, 0.3) is 0 Å². The van der Waals surface area contributed by atoms with Crippen molar-refractivity contribution in [3.63, 3.8) is 0 Å². The van der Waals surface area contributed by atoms with Crippen molar-refractivity contribution in [3.8, 4) is 0 Å². The van der Waals surface area contributed by atoms with E-state index in [2.05, 4.69) is 5.32 Å². The van der Waals surface area contributed by atoms with Gasteiger partial charge in [-0.3, -0.25) is 9.59 Å². The number of halogens is 1. The van der Waals surface area contributed by atoms with Crippen LogP contribution >= 0.6 is 0 Å². The Bertz CT molecular complexity index is 757. The molecule has 2 amide bonds. The first-order chi connectivity index (χ1) is 11.6. The Morgan fingerprint density at radius 1 is 1.00 bits per heavy atom.